The third-order valence-electron chi connectivity index (χ3n) is 14.7. The molecule has 3 aliphatic rings. The van der Waals surface area contributed by atoms with E-state index >= 15 is 0 Å². The number of benzene rings is 6. The van der Waals surface area contributed by atoms with Gasteiger partial charge in [0.25, 0.3) is 6.71 Å². The van der Waals surface area contributed by atoms with E-state index in [1.807, 2.05) is 0 Å². The van der Waals surface area contributed by atoms with E-state index in [1.165, 1.54) is 50.2 Å². The van der Waals surface area contributed by atoms with Crippen LogP contribution in [0.1, 0.15) is 131 Å². The van der Waals surface area contributed by atoms with E-state index < -0.39 is 0 Å². The van der Waals surface area contributed by atoms with Crippen molar-refractivity contribution in [2.45, 2.75) is 130 Å². The number of nitrogens with zero attached hydrogens (tertiary/aromatic N) is 3. The van der Waals surface area contributed by atoms with E-state index in [0.29, 0.717) is 0 Å². The zero-order chi connectivity index (χ0) is 46.0. The molecule has 5 heteroatoms. The van der Waals surface area contributed by atoms with Gasteiger partial charge < -0.3 is 19.1 Å². The molecule has 330 valence electrons. The van der Waals surface area contributed by atoms with Gasteiger partial charge in [0, 0.05) is 50.8 Å². The van der Waals surface area contributed by atoms with Gasteiger partial charge in [-0.15, -0.1) is 0 Å². The lowest BCUT2D eigenvalue weighted by Crippen LogP contribution is -2.61. The molecule has 7 aromatic rings. The average Bonchev–Trinajstić information content (AvgIpc) is 3.68. The monoisotopic (exact) mass is 856 g/mol. The SMILES string of the molecule is CC(C)(C)c1ccc(N2c3ccc(C(C)(C)C)cc3B3c4oc5c(c4N(c4ccc(C(C)(C)C)cc4)c4cc(N(c6ccccc6)c6ccccc6)cc2c43)C(C)(C)CCC5(C)C)cc1. The molecule has 0 fully saturated rings. The second-order valence-electron chi connectivity index (χ2n) is 23.4. The molecule has 1 aromatic heterocycles. The van der Waals surface area contributed by atoms with Gasteiger partial charge in [-0.25, -0.2) is 0 Å². The molecular weight excluding hydrogens is 789 g/mol. The Balaban J connectivity index is 1.37. The Morgan fingerprint density at radius 2 is 0.954 bits per heavy atom. The van der Waals surface area contributed by atoms with Crippen molar-refractivity contribution in [2.24, 2.45) is 0 Å². The van der Waals surface area contributed by atoms with Crippen LogP contribution in [0.3, 0.4) is 0 Å². The van der Waals surface area contributed by atoms with Crippen LogP contribution in [0.5, 0.6) is 0 Å². The third-order valence-corrected chi connectivity index (χ3v) is 14.7. The molecule has 0 amide bonds. The average molecular weight is 856 g/mol. The molecule has 0 atom stereocenters. The van der Waals surface area contributed by atoms with Crippen LogP contribution in [0.25, 0.3) is 0 Å². The first-order chi connectivity index (χ1) is 30.6. The van der Waals surface area contributed by atoms with Crippen molar-refractivity contribution in [3.63, 3.8) is 0 Å². The molecule has 0 bridgehead atoms. The van der Waals surface area contributed by atoms with Gasteiger partial charge in [0.2, 0.25) is 0 Å². The lowest BCUT2D eigenvalue weighted by Gasteiger charge is -2.45. The predicted octanol–water partition coefficient (Wildman–Crippen LogP) is 15.1. The van der Waals surface area contributed by atoms with Crippen molar-refractivity contribution in [3.05, 3.63) is 168 Å². The molecule has 10 rings (SSSR count). The van der Waals surface area contributed by atoms with Crippen molar-refractivity contribution < 1.29 is 4.42 Å². The number of fused-ring (bicyclic) bond motifs is 6. The highest BCUT2D eigenvalue weighted by atomic mass is 16.3. The normalized spacial score (nSPS) is 16.1. The Morgan fingerprint density at radius 1 is 0.492 bits per heavy atom. The Bertz CT molecular complexity index is 2880. The fourth-order valence-electron chi connectivity index (χ4n) is 10.7. The number of anilines is 9. The zero-order valence-corrected chi connectivity index (χ0v) is 41.0. The predicted molar refractivity (Wildman–Crippen MR) is 279 cm³/mol. The highest BCUT2D eigenvalue weighted by Gasteiger charge is 2.52. The summed E-state index contributed by atoms with van der Waals surface area (Å²) in [6.07, 6.45) is 2.15. The van der Waals surface area contributed by atoms with Crippen LogP contribution in [0.2, 0.25) is 0 Å². The maximum absolute atomic E-state index is 7.68. The van der Waals surface area contributed by atoms with E-state index in [9.17, 15) is 0 Å². The first-order valence-electron chi connectivity index (χ1n) is 23.9. The van der Waals surface area contributed by atoms with E-state index in [0.717, 1.165) is 58.4 Å². The van der Waals surface area contributed by atoms with Crippen LogP contribution in [0.4, 0.5) is 51.2 Å². The molecule has 0 saturated heterocycles. The third kappa shape index (κ3) is 7.12. The largest absolute Gasteiger partial charge is 0.472 e. The summed E-state index contributed by atoms with van der Waals surface area (Å²) in [5, 5.41) is 0. The highest BCUT2D eigenvalue weighted by molar-refractivity contribution is 6.99. The maximum Gasteiger partial charge on any atom is 0.297 e. The molecule has 65 heavy (non-hydrogen) atoms. The quantitative estimate of drug-likeness (QED) is 0.161. The van der Waals surface area contributed by atoms with Gasteiger partial charge in [-0.3, -0.25) is 0 Å². The van der Waals surface area contributed by atoms with Crippen LogP contribution in [-0.4, -0.2) is 6.71 Å². The van der Waals surface area contributed by atoms with Crippen molar-refractivity contribution >= 4 is 74.5 Å². The fourth-order valence-corrected chi connectivity index (χ4v) is 10.7. The van der Waals surface area contributed by atoms with Gasteiger partial charge in [0.05, 0.1) is 17.0 Å². The number of furan rings is 1. The number of rotatable bonds is 5. The lowest BCUT2D eigenvalue weighted by molar-refractivity contribution is 0.282. The van der Waals surface area contributed by atoms with Crippen LogP contribution in [0, 0.1) is 0 Å². The summed E-state index contributed by atoms with van der Waals surface area (Å²) in [7, 11) is 0. The lowest BCUT2D eigenvalue weighted by atomic mass is 9.35. The molecule has 0 saturated carbocycles. The molecule has 0 N–H and O–H groups in total. The number of para-hydroxylation sites is 2. The van der Waals surface area contributed by atoms with E-state index in [-0.39, 0.29) is 33.8 Å². The minimum absolute atomic E-state index is 0.0139. The summed E-state index contributed by atoms with van der Waals surface area (Å²) in [6, 6.07) is 52.6. The summed E-state index contributed by atoms with van der Waals surface area (Å²) >= 11 is 0. The van der Waals surface area contributed by atoms with Gasteiger partial charge >= 0.3 is 0 Å². The van der Waals surface area contributed by atoms with Crippen molar-refractivity contribution in [2.75, 3.05) is 14.7 Å². The van der Waals surface area contributed by atoms with E-state index in [2.05, 4.69) is 244 Å². The standard InChI is InChI=1S/C60H66BN3O/c1-56(2,3)39-24-29-44(30-25-39)63-48-33-28-41(58(7,8)9)36-47(48)61-52-49(63)37-46(62(42-20-16-14-17-21-42)43-22-18-15-19-23-43)38-50(52)64(45-31-26-40(27-32-45)57(4,5)6)53-51-54(65-55(53)61)60(12,13)35-34-59(51,10)11/h14-33,36-38H,34-35H2,1-13H3. The molecule has 6 aromatic carbocycles. The van der Waals surface area contributed by atoms with Crippen LogP contribution in [0.15, 0.2) is 144 Å². The zero-order valence-electron chi connectivity index (χ0n) is 41.0. The topological polar surface area (TPSA) is 22.9 Å². The summed E-state index contributed by atoms with van der Waals surface area (Å²) in [4.78, 5) is 7.57. The van der Waals surface area contributed by atoms with Gasteiger partial charge in [0.15, 0.2) is 0 Å². The van der Waals surface area contributed by atoms with Gasteiger partial charge in [-0.05, 0) is 129 Å². The van der Waals surface area contributed by atoms with E-state index in [4.69, 9.17) is 4.42 Å². The second kappa shape index (κ2) is 14.8. The number of hydrogen-bond acceptors (Lipinski definition) is 4. The number of hydrogen-bond donors (Lipinski definition) is 0. The molecule has 0 radical (unpaired) electrons. The van der Waals surface area contributed by atoms with Crippen molar-refractivity contribution in [1.29, 1.82) is 0 Å². The summed E-state index contributed by atoms with van der Waals surface area (Å²) < 4.78 is 7.68. The summed E-state index contributed by atoms with van der Waals surface area (Å²) in [6.45, 7) is 30.3. The van der Waals surface area contributed by atoms with Gasteiger partial charge in [-0.2, -0.15) is 0 Å². The maximum atomic E-state index is 7.68. The summed E-state index contributed by atoms with van der Waals surface area (Å²) in [5.41, 5.74) is 19.0. The first kappa shape index (κ1) is 43.0. The molecule has 4 nitrogen and oxygen atoms in total. The van der Waals surface area contributed by atoms with Gasteiger partial charge in [-0.1, -0.05) is 163 Å². The van der Waals surface area contributed by atoms with Crippen LogP contribution >= 0.6 is 0 Å². The van der Waals surface area contributed by atoms with Crippen molar-refractivity contribution in [3.8, 4) is 0 Å². The second-order valence-corrected chi connectivity index (χ2v) is 23.4. The minimum atomic E-state index is -0.143. The molecule has 3 heterocycles. The van der Waals surface area contributed by atoms with Crippen molar-refractivity contribution in [1.82, 2.24) is 0 Å². The van der Waals surface area contributed by atoms with Crippen LogP contribution in [-0.2, 0) is 27.1 Å². The smallest absolute Gasteiger partial charge is 0.297 e. The molecule has 0 spiro atoms. The van der Waals surface area contributed by atoms with Gasteiger partial charge in [0.1, 0.15) is 5.76 Å². The Labute approximate surface area is 389 Å². The molecule has 0 unspecified atom stereocenters. The minimum Gasteiger partial charge on any atom is -0.472 e. The Kier molecular flexibility index (Phi) is 9.78. The Morgan fingerprint density at radius 3 is 1.46 bits per heavy atom. The molecular formula is C60H66BN3O. The summed E-state index contributed by atoms with van der Waals surface area (Å²) in [5.74, 6) is 1.13. The molecule has 2 aliphatic heterocycles. The highest BCUT2D eigenvalue weighted by Crippen LogP contribution is 2.56. The van der Waals surface area contributed by atoms with E-state index in [1.54, 1.807) is 0 Å². The first-order valence-corrected chi connectivity index (χ1v) is 23.9. The Hall–Kier alpha value is -5.94. The fraction of sp³-hybridized carbons (Fsp3) is 0.333. The molecule has 1 aliphatic carbocycles. The van der Waals surface area contributed by atoms with Crippen LogP contribution < -0.4 is 31.3 Å².